The van der Waals surface area contributed by atoms with E-state index in [1.165, 1.54) is 31.2 Å². The zero-order chi connectivity index (χ0) is 28.2. The molecule has 9 heteroatoms. The van der Waals surface area contributed by atoms with Gasteiger partial charge in [-0.1, -0.05) is 84.4 Å². The van der Waals surface area contributed by atoms with Crippen molar-refractivity contribution in [3.05, 3.63) is 129 Å². The van der Waals surface area contributed by atoms with E-state index in [1.54, 1.807) is 0 Å². The molecule has 3 aromatic carbocycles. The fourth-order valence-electron chi connectivity index (χ4n) is 4.82. The molecule has 1 unspecified atom stereocenters. The normalized spacial score (nSPS) is 15.8. The Morgan fingerprint density at radius 3 is 2.05 bits per heavy atom. The number of carboxylic acid groups (broad SMARTS) is 1. The number of carboxylic acids is 1. The number of alkyl halides is 3. The molecule has 5 nitrogen and oxygen atoms in total. The Morgan fingerprint density at radius 2 is 1.54 bits per heavy atom. The highest BCUT2D eigenvalue weighted by Gasteiger charge is 2.47. The van der Waals surface area contributed by atoms with Crippen molar-refractivity contribution in [2.45, 2.75) is 31.4 Å². The Morgan fingerprint density at radius 1 is 0.949 bits per heavy atom. The quantitative estimate of drug-likeness (QED) is 0.294. The number of carbonyl (C=O) groups is 2. The number of esters is 1. The number of nitrogens with one attached hydrogen (secondary N) is 1. The van der Waals surface area contributed by atoms with Gasteiger partial charge in [0.15, 0.2) is 0 Å². The summed E-state index contributed by atoms with van der Waals surface area (Å²) < 4.78 is 47.3. The molecule has 1 heterocycles. The third-order valence-corrected chi connectivity index (χ3v) is 6.76. The summed E-state index contributed by atoms with van der Waals surface area (Å²) in [5.41, 5.74) is -0.671. The van der Waals surface area contributed by atoms with Gasteiger partial charge in [-0.15, -0.1) is 0 Å². The molecule has 0 bridgehead atoms. The van der Waals surface area contributed by atoms with Crippen LogP contribution in [0.2, 0.25) is 5.02 Å². The van der Waals surface area contributed by atoms with Crippen molar-refractivity contribution in [3.63, 3.8) is 0 Å². The van der Waals surface area contributed by atoms with E-state index in [-0.39, 0.29) is 34.4 Å². The van der Waals surface area contributed by atoms with Crippen molar-refractivity contribution in [1.29, 1.82) is 0 Å². The Bertz CT molecular complexity index is 1380. The molecular formula is C30H25ClF3NO4. The van der Waals surface area contributed by atoms with Gasteiger partial charge in [-0.25, -0.2) is 9.59 Å². The molecule has 4 rings (SSSR count). The minimum atomic E-state index is -5.00. The summed E-state index contributed by atoms with van der Waals surface area (Å²) in [6.45, 7) is 1.24. The molecular weight excluding hydrogens is 531 g/mol. The second-order valence-corrected chi connectivity index (χ2v) is 9.48. The summed E-state index contributed by atoms with van der Waals surface area (Å²) in [6.07, 6.45) is -4.60. The van der Waals surface area contributed by atoms with Crippen LogP contribution in [-0.2, 0) is 14.3 Å². The number of carbonyl (C=O) groups excluding carboxylic acids is 1. The van der Waals surface area contributed by atoms with Crippen molar-refractivity contribution in [3.8, 4) is 0 Å². The van der Waals surface area contributed by atoms with E-state index in [1.807, 2.05) is 60.7 Å². The maximum atomic E-state index is 13.9. The van der Waals surface area contributed by atoms with Crippen molar-refractivity contribution in [1.82, 2.24) is 5.32 Å². The van der Waals surface area contributed by atoms with Crippen molar-refractivity contribution in [2.75, 3.05) is 6.61 Å². The molecule has 0 saturated carbocycles. The van der Waals surface area contributed by atoms with E-state index < -0.39 is 35.3 Å². The molecule has 0 fully saturated rings. The van der Waals surface area contributed by atoms with Gasteiger partial charge in [0.2, 0.25) is 0 Å². The first-order valence-corrected chi connectivity index (χ1v) is 12.5. The summed E-state index contributed by atoms with van der Waals surface area (Å²) in [5.74, 6) is -4.38. The van der Waals surface area contributed by atoms with Gasteiger partial charge < -0.3 is 15.2 Å². The number of aliphatic carboxylic acids is 1. The molecule has 0 spiro atoms. The lowest BCUT2D eigenvalue weighted by atomic mass is 9.80. The second kappa shape index (κ2) is 11.8. The molecule has 0 amide bonds. The lowest BCUT2D eigenvalue weighted by molar-refractivity contribution is -0.140. The van der Waals surface area contributed by atoms with Crippen LogP contribution in [0, 0.1) is 0 Å². The number of ether oxygens (including phenoxy) is 1. The van der Waals surface area contributed by atoms with Gasteiger partial charge in [0.25, 0.3) is 0 Å². The van der Waals surface area contributed by atoms with Gasteiger partial charge in [-0.3, -0.25) is 0 Å². The molecule has 0 saturated heterocycles. The molecule has 39 heavy (non-hydrogen) atoms. The van der Waals surface area contributed by atoms with Crippen molar-refractivity contribution in [2.24, 2.45) is 0 Å². The third-order valence-electron chi connectivity index (χ3n) is 6.52. The molecule has 1 atom stereocenters. The van der Waals surface area contributed by atoms with Crippen molar-refractivity contribution >= 4 is 23.5 Å². The van der Waals surface area contributed by atoms with Gasteiger partial charge in [-0.05, 0) is 42.2 Å². The molecule has 3 aromatic rings. The smallest absolute Gasteiger partial charge is 0.431 e. The number of benzene rings is 3. The Balaban J connectivity index is 1.65. The van der Waals surface area contributed by atoms with Gasteiger partial charge in [0.05, 0.1) is 23.7 Å². The van der Waals surface area contributed by atoms with E-state index in [0.29, 0.717) is 6.42 Å². The standard InChI is InChI=1S/C30H25ClF3NO4/c1-18-24(25(21-13-8-14-22(31)17-21)26(28(36)37)27(35-18)30(32,33)34)29(38)39-16-15-23(19-9-4-2-5-10-19)20-11-6-3-7-12-20/h2-14,17,23,25,35H,15-16H2,1H3,(H,36,37). The van der Waals surface area contributed by atoms with Crippen LogP contribution in [-0.4, -0.2) is 29.8 Å². The predicted octanol–water partition coefficient (Wildman–Crippen LogP) is 6.97. The summed E-state index contributed by atoms with van der Waals surface area (Å²) in [7, 11) is 0. The SMILES string of the molecule is CC1=C(C(=O)OCCC(c2ccccc2)c2ccccc2)C(c2cccc(Cl)c2)C(C(=O)O)=C(C(F)(F)F)N1. The van der Waals surface area contributed by atoms with E-state index in [0.717, 1.165) is 11.1 Å². The van der Waals surface area contributed by atoms with Crippen LogP contribution in [0.25, 0.3) is 0 Å². The highest BCUT2D eigenvalue weighted by molar-refractivity contribution is 6.30. The van der Waals surface area contributed by atoms with E-state index in [9.17, 15) is 27.9 Å². The largest absolute Gasteiger partial charge is 0.478 e. The van der Waals surface area contributed by atoms with Gasteiger partial charge in [0.1, 0.15) is 5.70 Å². The number of hydrogen-bond donors (Lipinski definition) is 2. The predicted molar refractivity (Wildman–Crippen MR) is 141 cm³/mol. The number of dihydropyridines is 1. The molecule has 202 valence electrons. The molecule has 0 aromatic heterocycles. The average Bonchev–Trinajstić information content (AvgIpc) is 2.90. The van der Waals surface area contributed by atoms with E-state index >= 15 is 0 Å². The third kappa shape index (κ3) is 6.34. The monoisotopic (exact) mass is 555 g/mol. The van der Waals surface area contributed by atoms with Crippen molar-refractivity contribution < 1.29 is 32.6 Å². The lowest BCUT2D eigenvalue weighted by Crippen LogP contribution is -2.38. The topological polar surface area (TPSA) is 75.6 Å². The Labute approximate surface area is 228 Å². The molecule has 0 aliphatic carbocycles. The zero-order valence-electron chi connectivity index (χ0n) is 20.8. The Kier molecular flexibility index (Phi) is 8.45. The summed E-state index contributed by atoms with van der Waals surface area (Å²) in [6, 6.07) is 25.1. The maximum absolute atomic E-state index is 13.9. The first-order chi connectivity index (χ1) is 18.6. The number of allylic oxidation sites excluding steroid dienone is 2. The van der Waals surface area contributed by atoms with Crippen LogP contribution in [0.5, 0.6) is 0 Å². The molecule has 1 aliphatic rings. The minimum Gasteiger partial charge on any atom is -0.478 e. The Hall–Kier alpha value is -4.04. The first-order valence-electron chi connectivity index (χ1n) is 12.1. The lowest BCUT2D eigenvalue weighted by Gasteiger charge is -2.31. The molecule has 2 N–H and O–H groups in total. The van der Waals surface area contributed by atoms with Crippen LogP contribution < -0.4 is 5.32 Å². The number of rotatable bonds is 8. The summed E-state index contributed by atoms with van der Waals surface area (Å²) in [5, 5.41) is 12.1. The van der Waals surface area contributed by atoms with Gasteiger partial charge >= 0.3 is 18.1 Å². The highest BCUT2D eigenvalue weighted by Crippen LogP contribution is 2.43. The van der Waals surface area contributed by atoms with E-state index in [4.69, 9.17) is 16.3 Å². The number of hydrogen-bond acceptors (Lipinski definition) is 4. The maximum Gasteiger partial charge on any atom is 0.431 e. The van der Waals surface area contributed by atoms with Crippen LogP contribution >= 0.6 is 11.6 Å². The fourth-order valence-corrected chi connectivity index (χ4v) is 5.01. The zero-order valence-corrected chi connectivity index (χ0v) is 21.6. The molecule has 1 aliphatic heterocycles. The first kappa shape index (κ1) is 28.0. The van der Waals surface area contributed by atoms with Crippen LogP contribution in [0.1, 0.15) is 41.9 Å². The van der Waals surface area contributed by atoms with Gasteiger partial charge in [-0.2, -0.15) is 13.2 Å². The second-order valence-electron chi connectivity index (χ2n) is 9.04. The van der Waals surface area contributed by atoms with E-state index in [2.05, 4.69) is 5.32 Å². The summed E-state index contributed by atoms with van der Waals surface area (Å²) in [4.78, 5) is 25.6. The van der Waals surface area contributed by atoms with Crippen LogP contribution in [0.3, 0.4) is 0 Å². The van der Waals surface area contributed by atoms with Gasteiger partial charge in [0, 0.05) is 16.6 Å². The number of halogens is 4. The summed E-state index contributed by atoms with van der Waals surface area (Å²) >= 11 is 6.08. The average molecular weight is 556 g/mol. The highest BCUT2D eigenvalue weighted by atomic mass is 35.5. The van der Waals surface area contributed by atoms with Crippen LogP contribution in [0.15, 0.2) is 107 Å². The fraction of sp³-hybridized carbons (Fsp3) is 0.200. The molecule has 0 radical (unpaired) electrons. The van der Waals surface area contributed by atoms with Crippen LogP contribution in [0.4, 0.5) is 13.2 Å². The minimum absolute atomic E-state index is 0.0510.